The van der Waals surface area contributed by atoms with Crippen molar-refractivity contribution in [1.82, 2.24) is 10.2 Å². The zero-order valence-electron chi connectivity index (χ0n) is 10.2. The molecule has 0 aromatic heterocycles. The molecule has 0 fully saturated rings. The van der Waals surface area contributed by atoms with Crippen LogP contribution in [0.4, 0.5) is 4.79 Å². The maximum absolute atomic E-state index is 11.5. The van der Waals surface area contributed by atoms with Crippen molar-refractivity contribution in [3.05, 3.63) is 0 Å². The molecular formula is C10H20N2O3. The lowest BCUT2D eigenvalue weighted by atomic mass is 10.2. The fourth-order valence-corrected chi connectivity index (χ4v) is 0.763. The van der Waals surface area contributed by atoms with E-state index in [9.17, 15) is 9.59 Å². The maximum Gasteiger partial charge on any atom is 0.328 e. The second-order valence-electron chi connectivity index (χ2n) is 4.60. The molecule has 5 heteroatoms. The quantitative estimate of drug-likeness (QED) is 0.700. The molecule has 0 aromatic carbocycles. The molecule has 0 radical (unpaired) electrons. The van der Waals surface area contributed by atoms with Gasteiger partial charge in [-0.25, -0.2) is 9.59 Å². The lowest BCUT2D eigenvalue weighted by Gasteiger charge is -2.23. The van der Waals surface area contributed by atoms with E-state index in [0.29, 0.717) is 0 Å². The Morgan fingerprint density at radius 3 is 2.07 bits per heavy atom. The predicted octanol–water partition coefficient (Wildman–Crippen LogP) is 0.988. The number of nitrogens with zero attached hydrogens (tertiary/aromatic N) is 1. The van der Waals surface area contributed by atoms with E-state index in [1.54, 1.807) is 41.8 Å². The number of esters is 1. The van der Waals surface area contributed by atoms with E-state index < -0.39 is 17.6 Å². The Morgan fingerprint density at radius 2 is 1.73 bits per heavy atom. The summed E-state index contributed by atoms with van der Waals surface area (Å²) in [5.41, 5.74) is -0.534. The molecule has 0 aliphatic carbocycles. The van der Waals surface area contributed by atoms with E-state index in [-0.39, 0.29) is 6.03 Å². The second kappa shape index (κ2) is 5.00. The molecule has 15 heavy (non-hydrogen) atoms. The van der Waals surface area contributed by atoms with Gasteiger partial charge in [-0.05, 0) is 27.7 Å². The van der Waals surface area contributed by atoms with Crippen molar-refractivity contribution in [2.75, 3.05) is 14.1 Å². The number of hydrogen-bond acceptors (Lipinski definition) is 3. The molecule has 0 aromatic rings. The van der Waals surface area contributed by atoms with Crippen molar-refractivity contribution in [2.45, 2.75) is 39.3 Å². The first-order valence-electron chi connectivity index (χ1n) is 4.84. The predicted molar refractivity (Wildman–Crippen MR) is 57.5 cm³/mol. The number of rotatable bonds is 2. The van der Waals surface area contributed by atoms with Crippen molar-refractivity contribution in [3.8, 4) is 0 Å². The summed E-state index contributed by atoms with van der Waals surface area (Å²) in [5, 5.41) is 2.51. The van der Waals surface area contributed by atoms with Crippen LogP contribution in [0.2, 0.25) is 0 Å². The van der Waals surface area contributed by atoms with Crippen LogP contribution in [-0.4, -0.2) is 42.6 Å². The number of hydrogen-bond donors (Lipinski definition) is 1. The molecular weight excluding hydrogens is 196 g/mol. The first kappa shape index (κ1) is 13.7. The van der Waals surface area contributed by atoms with Gasteiger partial charge in [0.1, 0.15) is 11.6 Å². The number of carbonyl (C=O) groups is 2. The molecule has 0 aliphatic rings. The summed E-state index contributed by atoms with van der Waals surface area (Å²) in [7, 11) is 3.22. The third-order valence-electron chi connectivity index (χ3n) is 1.51. The molecule has 0 saturated carbocycles. The molecule has 5 nitrogen and oxygen atoms in total. The largest absolute Gasteiger partial charge is 0.458 e. The highest BCUT2D eigenvalue weighted by Crippen LogP contribution is 2.08. The Hall–Kier alpha value is -1.26. The van der Waals surface area contributed by atoms with Crippen molar-refractivity contribution < 1.29 is 14.3 Å². The monoisotopic (exact) mass is 216 g/mol. The van der Waals surface area contributed by atoms with Gasteiger partial charge in [-0.3, -0.25) is 0 Å². The molecule has 0 bridgehead atoms. The van der Waals surface area contributed by atoms with Crippen molar-refractivity contribution in [3.63, 3.8) is 0 Å². The average molecular weight is 216 g/mol. The summed E-state index contributed by atoms with van der Waals surface area (Å²) in [5.74, 6) is -0.433. The lowest BCUT2D eigenvalue weighted by Crippen LogP contribution is -2.46. The SMILES string of the molecule is CC(NC(=O)N(C)C)C(=O)OC(C)(C)C. The van der Waals surface area contributed by atoms with Crippen LogP contribution in [0.5, 0.6) is 0 Å². The first-order valence-corrected chi connectivity index (χ1v) is 4.84. The van der Waals surface area contributed by atoms with Crippen molar-refractivity contribution in [1.29, 1.82) is 0 Å². The van der Waals surface area contributed by atoms with E-state index in [0.717, 1.165) is 0 Å². The van der Waals surface area contributed by atoms with Crippen LogP contribution in [0.15, 0.2) is 0 Å². The van der Waals surface area contributed by atoms with E-state index in [2.05, 4.69) is 5.32 Å². The van der Waals surface area contributed by atoms with Gasteiger partial charge in [-0.15, -0.1) is 0 Å². The Labute approximate surface area is 90.8 Å². The number of nitrogens with one attached hydrogen (secondary N) is 1. The summed E-state index contributed by atoms with van der Waals surface area (Å²) in [6.07, 6.45) is 0. The average Bonchev–Trinajstić information content (AvgIpc) is 2.00. The Kier molecular flexibility index (Phi) is 4.58. The van der Waals surface area contributed by atoms with Crippen LogP contribution in [0.1, 0.15) is 27.7 Å². The van der Waals surface area contributed by atoms with Crippen molar-refractivity contribution >= 4 is 12.0 Å². The Bertz CT molecular complexity index is 244. The minimum atomic E-state index is -0.640. The van der Waals surface area contributed by atoms with Gasteiger partial charge in [0.15, 0.2) is 0 Å². The van der Waals surface area contributed by atoms with Crippen LogP contribution < -0.4 is 5.32 Å². The topological polar surface area (TPSA) is 58.6 Å². The highest BCUT2D eigenvalue weighted by atomic mass is 16.6. The van der Waals surface area contributed by atoms with E-state index in [1.807, 2.05) is 0 Å². The van der Waals surface area contributed by atoms with Crippen LogP contribution in [-0.2, 0) is 9.53 Å². The van der Waals surface area contributed by atoms with E-state index in [1.165, 1.54) is 4.90 Å². The third kappa shape index (κ3) is 5.93. The first-order chi connectivity index (χ1) is 6.63. The van der Waals surface area contributed by atoms with Crippen LogP contribution in [0.25, 0.3) is 0 Å². The van der Waals surface area contributed by atoms with Gasteiger partial charge in [0.05, 0.1) is 0 Å². The van der Waals surface area contributed by atoms with Crippen LogP contribution in [0.3, 0.4) is 0 Å². The van der Waals surface area contributed by atoms with E-state index >= 15 is 0 Å². The molecule has 0 saturated heterocycles. The minimum absolute atomic E-state index is 0.312. The zero-order valence-corrected chi connectivity index (χ0v) is 10.2. The summed E-state index contributed by atoms with van der Waals surface area (Å²) < 4.78 is 5.11. The molecule has 88 valence electrons. The van der Waals surface area contributed by atoms with Crippen LogP contribution >= 0.6 is 0 Å². The third-order valence-corrected chi connectivity index (χ3v) is 1.51. The maximum atomic E-state index is 11.5. The smallest absolute Gasteiger partial charge is 0.328 e. The normalized spacial score (nSPS) is 12.9. The molecule has 2 amide bonds. The van der Waals surface area contributed by atoms with Gasteiger partial charge in [0.25, 0.3) is 0 Å². The van der Waals surface area contributed by atoms with Gasteiger partial charge < -0.3 is 15.0 Å². The summed E-state index contributed by atoms with van der Waals surface area (Å²) in [6, 6.07) is -0.951. The molecule has 1 N–H and O–H groups in total. The van der Waals surface area contributed by atoms with Crippen LogP contribution in [0, 0.1) is 0 Å². The Morgan fingerprint density at radius 1 is 1.27 bits per heavy atom. The number of ether oxygens (including phenoxy) is 1. The second-order valence-corrected chi connectivity index (χ2v) is 4.60. The highest BCUT2D eigenvalue weighted by molar-refractivity contribution is 5.83. The van der Waals surface area contributed by atoms with Gasteiger partial charge in [-0.1, -0.05) is 0 Å². The lowest BCUT2D eigenvalue weighted by molar-refractivity contribution is -0.156. The number of urea groups is 1. The van der Waals surface area contributed by atoms with Gasteiger partial charge in [-0.2, -0.15) is 0 Å². The summed E-state index contributed by atoms with van der Waals surface area (Å²) in [6.45, 7) is 6.94. The van der Waals surface area contributed by atoms with Gasteiger partial charge >= 0.3 is 12.0 Å². The standard InChI is InChI=1S/C10H20N2O3/c1-7(11-9(14)12(5)6)8(13)15-10(2,3)4/h7H,1-6H3,(H,11,14). The zero-order chi connectivity index (χ0) is 12.2. The minimum Gasteiger partial charge on any atom is -0.458 e. The molecule has 1 atom stereocenters. The Balaban J connectivity index is 4.17. The summed E-state index contributed by atoms with van der Waals surface area (Å²) in [4.78, 5) is 24.1. The van der Waals surface area contributed by atoms with Gasteiger partial charge in [0, 0.05) is 14.1 Å². The number of amides is 2. The number of carbonyl (C=O) groups excluding carboxylic acids is 2. The molecule has 0 spiro atoms. The van der Waals surface area contributed by atoms with E-state index in [4.69, 9.17) is 4.74 Å². The molecule has 0 aliphatic heterocycles. The molecule has 0 heterocycles. The fourth-order valence-electron chi connectivity index (χ4n) is 0.763. The molecule has 1 unspecified atom stereocenters. The highest BCUT2D eigenvalue weighted by Gasteiger charge is 2.23. The van der Waals surface area contributed by atoms with Gasteiger partial charge in [0.2, 0.25) is 0 Å². The fraction of sp³-hybridized carbons (Fsp3) is 0.800. The molecule has 0 rings (SSSR count). The summed E-state index contributed by atoms with van der Waals surface area (Å²) >= 11 is 0. The van der Waals surface area contributed by atoms with Crippen molar-refractivity contribution in [2.24, 2.45) is 0 Å².